The summed E-state index contributed by atoms with van der Waals surface area (Å²) in [6.45, 7) is 6.17. The van der Waals surface area contributed by atoms with Gasteiger partial charge in [0.25, 0.3) is 5.91 Å². The standard InChI is InChI=1S/C25H30N4O3/c1-24(2,3)27-22(31)19-14-29(23(32)20(26)16-9-5-4-6-10-16)15-25(19)13-17-11-7-8-12-18(17)21(30)28-25/h4-12,19-20H,13-15,26H2,1-3H3,(H,27,31)(H,28,30)/t19-,20?,25+/m0/s1. The van der Waals surface area contributed by atoms with Crippen molar-refractivity contribution in [2.75, 3.05) is 13.1 Å². The Hall–Kier alpha value is -3.19. The van der Waals surface area contributed by atoms with Gasteiger partial charge >= 0.3 is 0 Å². The fourth-order valence-corrected chi connectivity index (χ4v) is 4.75. The zero-order valence-corrected chi connectivity index (χ0v) is 18.7. The van der Waals surface area contributed by atoms with Gasteiger partial charge in [-0.1, -0.05) is 48.5 Å². The van der Waals surface area contributed by atoms with Gasteiger partial charge < -0.3 is 21.3 Å². The molecule has 1 unspecified atom stereocenters. The van der Waals surface area contributed by atoms with E-state index in [1.165, 1.54) is 0 Å². The molecule has 4 rings (SSSR count). The number of nitrogens with zero attached hydrogens (tertiary/aromatic N) is 1. The Kier molecular flexibility index (Phi) is 5.54. The third kappa shape index (κ3) is 4.12. The number of hydrogen-bond acceptors (Lipinski definition) is 4. The molecule has 2 heterocycles. The van der Waals surface area contributed by atoms with Crippen LogP contribution in [0.3, 0.4) is 0 Å². The third-order valence-corrected chi connectivity index (χ3v) is 6.22. The van der Waals surface area contributed by atoms with Crippen molar-refractivity contribution in [1.82, 2.24) is 15.5 Å². The molecule has 7 nitrogen and oxygen atoms in total. The molecule has 0 aliphatic carbocycles. The molecular formula is C25H30N4O3. The molecule has 168 valence electrons. The minimum atomic E-state index is -0.882. The lowest BCUT2D eigenvalue weighted by molar-refractivity contribution is -0.132. The Morgan fingerprint density at radius 2 is 1.78 bits per heavy atom. The van der Waals surface area contributed by atoms with Gasteiger partial charge in [0.15, 0.2) is 0 Å². The number of likely N-dealkylation sites (tertiary alicyclic amines) is 1. The zero-order valence-electron chi connectivity index (χ0n) is 18.7. The Morgan fingerprint density at radius 1 is 1.12 bits per heavy atom. The fraction of sp³-hybridized carbons (Fsp3) is 0.400. The number of carbonyl (C=O) groups is 3. The highest BCUT2D eigenvalue weighted by molar-refractivity contribution is 5.99. The summed E-state index contributed by atoms with van der Waals surface area (Å²) >= 11 is 0. The topological polar surface area (TPSA) is 105 Å². The first kappa shape index (κ1) is 22.0. The third-order valence-electron chi connectivity index (χ3n) is 6.22. The van der Waals surface area contributed by atoms with E-state index in [0.29, 0.717) is 17.5 Å². The van der Waals surface area contributed by atoms with E-state index in [9.17, 15) is 14.4 Å². The summed E-state index contributed by atoms with van der Waals surface area (Å²) in [5, 5.41) is 6.13. The summed E-state index contributed by atoms with van der Waals surface area (Å²) in [5.74, 6) is -1.25. The van der Waals surface area contributed by atoms with Crippen molar-refractivity contribution in [2.24, 2.45) is 11.7 Å². The molecule has 0 saturated carbocycles. The van der Waals surface area contributed by atoms with E-state index in [1.54, 1.807) is 11.0 Å². The second kappa shape index (κ2) is 8.06. The molecule has 7 heteroatoms. The van der Waals surface area contributed by atoms with Crippen LogP contribution in [0.2, 0.25) is 0 Å². The van der Waals surface area contributed by atoms with E-state index in [2.05, 4.69) is 10.6 Å². The maximum Gasteiger partial charge on any atom is 0.252 e. The number of nitrogens with two attached hydrogens (primary N) is 1. The quantitative estimate of drug-likeness (QED) is 0.685. The summed E-state index contributed by atoms with van der Waals surface area (Å²) in [4.78, 5) is 41.2. The number of fused-ring (bicyclic) bond motifs is 1. The van der Waals surface area contributed by atoms with Gasteiger partial charge in [-0.15, -0.1) is 0 Å². The van der Waals surface area contributed by atoms with Crippen LogP contribution in [0.1, 0.15) is 48.3 Å². The smallest absolute Gasteiger partial charge is 0.252 e. The first-order valence-corrected chi connectivity index (χ1v) is 10.9. The van der Waals surface area contributed by atoms with Gasteiger partial charge in [-0.2, -0.15) is 0 Å². The van der Waals surface area contributed by atoms with Crippen molar-refractivity contribution in [3.63, 3.8) is 0 Å². The van der Waals surface area contributed by atoms with Crippen molar-refractivity contribution >= 4 is 17.7 Å². The first-order chi connectivity index (χ1) is 15.1. The predicted molar refractivity (Wildman–Crippen MR) is 122 cm³/mol. The predicted octanol–water partition coefficient (Wildman–Crippen LogP) is 1.78. The fourth-order valence-electron chi connectivity index (χ4n) is 4.75. The van der Waals surface area contributed by atoms with Gasteiger partial charge in [0, 0.05) is 24.2 Å². The van der Waals surface area contributed by atoms with Crippen molar-refractivity contribution in [2.45, 2.75) is 44.3 Å². The summed E-state index contributed by atoms with van der Waals surface area (Å²) in [7, 11) is 0. The number of amides is 3. The van der Waals surface area contributed by atoms with Crippen molar-refractivity contribution in [3.8, 4) is 0 Å². The van der Waals surface area contributed by atoms with E-state index in [4.69, 9.17) is 5.73 Å². The van der Waals surface area contributed by atoms with Gasteiger partial charge in [-0.05, 0) is 44.4 Å². The van der Waals surface area contributed by atoms with Crippen LogP contribution in [0.15, 0.2) is 54.6 Å². The van der Waals surface area contributed by atoms with Crippen LogP contribution in [-0.4, -0.2) is 46.8 Å². The molecular weight excluding hydrogens is 404 g/mol. The Morgan fingerprint density at radius 3 is 2.47 bits per heavy atom. The van der Waals surface area contributed by atoms with Crippen LogP contribution in [0.4, 0.5) is 0 Å². The maximum absolute atomic E-state index is 13.3. The number of hydrogen-bond donors (Lipinski definition) is 3. The van der Waals surface area contributed by atoms with Crippen LogP contribution in [0.25, 0.3) is 0 Å². The monoisotopic (exact) mass is 434 g/mol. The molecule has 1 spiro atoms. The van der Waals surface area contributed by atoms with E-state index >= 15 is 0 Å². The van der Waals surface area contributed by atoms with Crippen molar-refractivity contribution < 1.29 is 14.4 Å². The van der Waals surface area contributed by atoms with E-state index < -0.39 is 23.0 Å². The molecule has 2 aliphatic rings. The van der Waals surface area contributed by atoms with Crippen LogP contribution in [0, 0.1) is 5.92 Å². The molecule has 3 amide bonds. The summed E-state index contributed by atoms with van der Waals surface area (Å²) in [6.07, 6.45) is 0.474. The first-order valence-electron chi connectivity index (χ1n) is 10.9. The molecule has 3 atom stereocenters. The lowest BCUT2D eigenvalue weighted by atomic mass is 9.76. The molecule has 32 heavy (non-hydrogen) atoms. The van der Waals surface area contributed by atoms with E-state index in [1.807, 2.05) is 69.3 Å². The number of nitrogens with one attached hydrogen (secondary N) is 2. The highest BCUT2D eigenvalue weighted by atomic mass is 16.2. The Balaban J connectivity index is 1.67. The SMILES string of the molecule is CC(C)(C)NC(=O)[C@@H]1CN(C(=O)C(N)c2ccccc2)C[C@]12Cc1ccccc1C(=O)N2. The summed E-state index contributed by atoms with van der Waals surface area (Å²) in [6, 6.07) is 15.8. The van der Waals surface area contributed by atoms with Crippen LogP contribution in [-0.2, 0) is 16.0 Å². The van der Waals surface area contributed by atoms with Crippen LogP contribution in [0.5, 0.6) is 0 Å². The molecule has 1 saturated heterocycles. The Labute approximate surface area is 188 Å². The van der Waals surface area contributed by atoms with Gasteiger partial charge in [0.05, 0.1) is 11.5 Å². The lowest BCUT2D eigenvalue weighted by Crippen LogP contribution is -2.62. The molecule has 0 aromatic heterocycles. The van der Waals surface area contributed by atoms with Crippen molar-refractivity contribution in [1.29, 1.82) is 0 Å². The second-order valence-corrected chi connectivity index (χ2v) is 9.84. The molecule has 0 bridgehead atoms. The maximum atomic E-state index is 13.3. The average Bonchev–Trinajstić information content (AvgIpc) is 3.10. The minimum Gasteiger partial charge on any atom is -0.351 e. The number of rotatable bonds is 3. The minimum absolute atomic E-state index is 0.180. The second-order valence-electron chi connectivity index (χ2n) is 9.84. The number of carbonyl (C=O) groups excluding carboxylic acids is 3. The molecule has 0 radical (unpaired) electrons. The highest BCUT2D eigenvalue weighted by Gasteiger charge is 2.55. The largest absolute Gasteiger partial charge is 0.351 e. The molecule has 2 aromatic rings. The molecule has 2 aromatic carbocycles. The van der Waals surface area contributed by atoms with Gasteiger partial charge in [0.2, 0.25) is 11.8 Å². The van der Waals surface area contributed by atoms with Gasteiger partial charge in [-0.25, -0.2) is 0 Å². The zero-order chi connectivity index (χ0) is 23.1. The Bertz CT molecular complexity index is 1050. The average molecular weight is 435 g/mol. The normalized spacial score (nSPS) is 23.4. The number of benzene rings is 2. The van der Waals surface area contributed by atoms with Crippen molar-refractivity contribution in [3.05, 3.63) is 71.3 Å². The lowest BCUT2D eigenvalue weighted by Gasteiger charge is -2.39. The molecule has 2 aliphatic heterocycles. The van der Waals surface area contributed by atoms with E-state index in [-0.39, 0.29) is 30.8 Å². The van der Waals surface area contributed by atoms with Gasteiger partial charge in [0.1, 0.15) is 6.04 Å². The van der Waals surface area contributed by atoms with E-state index in [0.717, 1.165) is 5.56 Å². The summed E-state index contributed by atoms with van der Waals surface area (Å²) in [5.41, 5.74) is 7.17. The van der Waals surface area contributed by atoms with Crippen LogP contribution >= 0.6 is 0 Å². The highest BCUT2D eigenvalue weighted by Crippen LogP contribution is 2.37. The van der Waals surface area contributed by atoms with Crippen LogP contribution < -0.4 is 16.4 Å². The van der Waals surface area contributed by atoms with Gasteiger partial charge in [-0.3, -0.25) is 14.4 Å². The molecule has 1 fully saturated rings. The summed E-state index contributed by atoms with van der Waals surface area (Å²) < 4.78 is 0. The molecule has 4 N–H and O–H groups in total.